The summed E-state index contributed by atoms with van der Waals surface area (Å²) in [4.78, 5) is 15.1. The van der Waals surface area contributed by atoms with Gasteiger partial charge in [0.15, 0.2) is 5.13 Å². The summed E-state index contributed by atoms with van der Waals surface area (Å²) in [6.45, 7) is 1.81. The van der Waals surface area contributed by atoms with Crippen molar-refractivity contribution in [3.63, 3.8) is 0 Å². The van der Waals surface area contributed by atoms with Gasteiger partial charge in [0.05, 0.1) is 21.8 Å². The monoisotopic (exact) mass is 313 g/mol. The molecule has 0 radical (unpaired) electrons. The molecule has 0 aliphatic carbocycles. The van der Waals surface area contributed by atoms with Crippen LogP contribution in [0.2, 0.25) is 0 Å². The molecule has 0 unspecified atom stereocenters. The average molecular weight is 313 g/mol. The summed E-state index contributed by atoms with van der Waals surface area (Å²) >= 11 is 1.32. The van der Waals surface area contributed by atoms with E-state index in [-0.39, 0.29) is 16.1 Å². The quantitative estimate of drug-likeness (QED) is 0.787. The first kappa shape index (κ1) is 14.4. The minimum atomic E-state index is -3.95. The molecule has 0 saturated carbocycles. The Morgan fingerprint density at radius 1 is 1.45 bits per heavy atom. The summed E-state index contributed by atoms with van der Waals surface area (Å²) in [6.07, 6.45) is 0. The number of sulfonamides is 1. The van der Waals surface area contributed by atoms with Gasteiger partial charge in [-0.25, -0.2) is 23.3 Å². The van der Waals surface area contributed by atoms with Gasteiger partial charge in [-0.1, -0.05) is 0 Å². The normalized spacial score (nSPS) is 11.3. The lowest BCUT2D eigenvalue weighted by molar-refractivity contribution is 0.0697. The summed E-state index contributed by atoms with van der Waals surface area (Å²) < 4.78 is 22.5. The highest BCUT2D eigenvalue weighted by Crippen LogP contribution is 2.25. The van der Waals surface area contributed by atoms with Crippen LogP contribution in [0.25, 0.3) is 0 Å². The lowest BCUT2D eigenvalue weighted by Gasteiger charge is -2.08. The number of thiazole rings is 1. The van der Waals surface area contributed by atoms with E-state index in [2.05, 4.69) is 10.3 Å². The number of hydrogen-bond donors (Lipinski definition) is 3. The van der Waals surface area contributed by atoms with Crippen molar-refractivity contribution in [1.82, 2.24) is 4.98 Å². The minimum Gasteiger partial charge on any atom is -0.478 e. The molecule has 0 aliphatic rings. The molecule has 20 heavy (non-hydrogen) atoms. The average Bonchev–Trinajstić information content (AvgIpc) is 2.73. The highest BCUT2D eigenvalue weighted by molar-refractivity contribution is 7.89. The van der Waals surface area contributed by atoms with Crippen LogP contribution in [0.4, 0.5) is 10.8 Å². The summed E-state index contributed by atoms with van der Waals surface area (Å²) in [5, 5.41) is 19.3. The van der Waals surface area contributed by atoms with Gasteiger partial charge in [0.25, 0.3) is 0 Å². The first-order valence-corrected chi connectivity index (χ1v) is 7.79. The van der Waals surface area contributed by atoms with Crippen LogP contribution in [0.5, 0.6) is 0 Å². The van der Waals surface area contributed by atoms with Crippen molar-refractivity contribution in [2.45, 2.75) is 11.8 Å². The molecule has 0 bridgehead atoms. The molecular weight excluding hydrogens is 302 g/mol. The number of rotatable bonds is 4. The van der Waals surface area contributed by atoms with Gasteiger partial charge >= 0.3 is 5.97 Å². The summed E-state index contributed by atoms with van der Waals surface area (Å²) in [6, 6.07) is 3.60. The standard InChI is InChI=1S/C11H11N3O4S2/c1-6-5-19-11(13-6)14-9-3-2-7(20(12,17)18)4-8(9)10(15)16/h2-5H,1H3,(H,13,14)(H,15,16)(H2,12,17,18). The third-order valence-corrected chi connectivity index (χ3v) is 4.20. The first-order chi connectivity index (χ1) is 9.27. The van der Waals surface area contributed by atoms with E-state index in [0.717, 1.165) is 11.8 Å². The second-order valence-electron chi connectivity index (χ2n) is 3.98. The Balaban J connectivity index is 2.45. The van der Waals surface area contributed by atoms with Crippen molar-refractivity contribution in [2.24, 2.45) is 5.14 Å². The van der Waals surface area contributed by atoms with Gasteiger partial charge in [0, 0.05) is 5.38 Å². The molecule has 2 rings (SSSR count). The number of carboxylic acids is 1. The number of nitrogens with zero attached hydrogens (tertiary/aromatic N) is 1. The van der Waals surface area contributed by atoms with Crippen LogP contribution in [-0.4, -0.2) is 24.5 Å². The molecule has 9 heteroatoms. The fourth-order valence-electron chi connectivity index (χ4n) is 1.51. The minimum absolute atomic E-state index is 0.190. The van der Waals surface area contributed by atoms with E-state index in [1.165, 1.54) is 23.5 Å². The van der Waals surface area contributed by atoms with Crippen LogP contribution >= 0.6 is 11.3 Å². The number of aryl methyl sites for hydroxylation is 1. The predicted octanol–water partition coefficient (Wildman–Crippen LogP) is 1.54. The molecule has 4 N–H and O–H groups in total. The summed E-state index contributed by atoms with van der Waals surface area (Å²) in [5.74, 6) is -1.26. The molecular formula is C11H11N3O4S2. The summed E-state index contributed by atoms with van der Waals surface area (Å²) in [5.41, 5.74) is 0.860. The largest absolute Gasteiger partial charge is 0.478 e. The smallest absolute Gasteiger partial charge is 0.337 e. The van der Waals surface area contributed by atoms with Crippen molar-refractivity contribution < 1.29 is 18.3 Å². The Labute approximate surface area is 119 Å². The predicted molar refractivity (Wildman–Crippen MR) is 74.9 cm³/mol. The Kier molecular flexibility index (Phi) is 3.75. The number of primary sulfonamides is 1. The molecule has 0 atom stereocenters. The number of carbonyl (C=O) groups is 1. The zero-order chi connectivity index (χ0) is 14.9. The van der Waals surface area contributed by atoms with Crippen LogP contribution in [0.1, 0.15) is 16.1 Å². The lowest BCUT2D eigenvalue weighted by atomic mass is 10.2. The van der Waals surface area contributed by atoms with Gasteiger partial charge in [-0.2, -0.15) is 0 Å². The van der Waals surface area contributed by atoms with Crippen LogP contribution < -0.4 is 10.5 Å². The van der Waals surface area contributed by atoms with Crippen LogP contribution in [0.15, 0.2) is 28.5 Å². The SMILES string of the molecule is Cc1csc(Nc2ccc(S(N)(=O)=O)cc2C(=O)O)n1. The van der Waals surface area contributed by atoms with Gasteiger partial charge in [-0.05, 0) is 25.1 Å². The maximum Gasteiger partial charge on any atom is 0.337 e. The number of aromatic carboxylic acids is 1. The van der Waals surface area contributed by atoms with Crippen LogP contribution in [-0.2, 0) is 10.0 Å². The number of hydrogen-bond acceptors (Lipinski definition) is 6. The number of benzene rings is 1. The van der Waals surface area contributed by atoms with Gasteiger partial charge < -0.3 is 10.4 Å². The second-order valence-corrected chi connectivity index (χ2v) is 6.40. The van der Waals surface area contributed by atoms with Gasteiger partial charge in [0.2, 0.25) is 10.0 Å². The van der Waals surface area contributed by atoms with Crippen molar-refractivity contribution in [2.75, 3.05) is 5.32 Å². The molecule has 1 aromatic heterocycles. The molecule has 7 nitrogen and oxygen atoms in total. The van der Waals surface area contributed by atoms with Crippen molar-refractivity contribution in [3.05, 3.63) is 34.8 Å². The highest BCUT2D eigenvalue weighted by atomic mass is 32.2. The fraction of sp³-hybridized carbons (Fsp3) is 0.0909. The van der Waals surface area contributed by atoms with E-state index < -0.39 is 16.0 Å². The number of carboxylic acid groups (broad SMARTS) is 1. The Bertz CT molecular complexity index is 768. The number of nitrogens with one attached hydrogen (secondary N) is 1. The van der Waals surface area contributed by atoms with Crippen LogP contribution in [0, 0.1) is 6.92 Å². The summed E-state index contributed by atoms with van der Waals surface area (Å²) in [7, 11) is -3.95. The molecule has 0 aliphatic heterocycles. The maximum atomic E-state index is 11.2. The van der Waals surface area contributed by atoms with Crippen molar-refractivity contribution in [3.8, 4) is 0 Å². The van der Waals surface area contributed by atoms with E-state index in [1.807, 2.05) is 12.3 Å². The van der Waals surface area contributed by atoms with Gasteiger partial charge in [-0.3, -0.25) is 0 Å². The third-order valence-electron chi connectivity index (χ3n) is 2.41. The second kappa shape index (κ2) is 5.19. The molecule has 0 spiro atoms. The zero-order valence-electron chi connectivity index (χ0n) is 10.3. The first-order valence-electron chi connectivity index (χ1n) is 5.36. The molecule has 0 amide bonds. The molecule has 0 saturated heterocycles. The molecule has 1 aromatic carbocycles. The third kappa shape index (κ3) is 3.13. The zero-order valence-corrected chi connectivity index (χ0v) is 12.0. The molecule has 2 aromatic rings. The van der Waals surface area contributed by atoms with E-state index in [4.69, 9.17) is 10.2 Å². The highest BCUT2D eigenvalue weighted by Gasteiger charge is 2.16. The van der Waals surface area contributed by atoms with Gasteiger partial charge in [-0.15, -0.1) is 11.3 Å². The van der Waals surface area contributed by atoms with E-state index >= 15 is 0 Å². The van der Waals surface area contributed by atoms with Gasteiger partial charge in [0.1, 0.15) is 0 Å². The fourth-order valence-corrected chi connectivity index (χ4v) is 2.75. The number of anilines is 2. The van der Waals surface area contributed by atoms with Crippen molar-refractivity contribution in [1.29, 1.82) is 0 Å². The Hall–Kier alpha value is -1.97. The molecule has 106 valence electrons. The Morgan fingerprint density at radius 2 is 2.15 bits per heavy atom. The Morgan fingerprint density at radius 3 is 2.65 bits per heavy atom. The van der Waals surface area contributed by atoms with Crippen LogP contribution in [0.3, 0.4) is 0 Å². The van der Waals surface area contributed by atoms with E-state index in [0.29, 0.717) is 5.13 Å². The van der Waals surface area contributed by atoms with E-state index in [9.17, 15) is 13.2 Å². The molecule has 0 fully saturated rings. The number of aromatic nitrogens is 1. The topological polar surface area (TPSA) is 122 Å². The lowest BCUT2D eigenvalue weighted by Crippen LogP contribution is -2.13. The van der Waals surface area contributed by atoms with Crippen molar-refractivity contribution >= 4 is 38.1 Å². The maximum absolute atomic E-state index is 11.2. The number of nitrogens with two attached hydrogens (primary N) is 1. The van der Waals surface area contributed by atoms with E-state index in [1.54, 1.807) is 0 Å². The molecule has 1 heterocycles.